The van der Waals surface area contributed by atoms with Crippen LogP contribution in [0.15, 0.2) is 11.8 Å². The fourth-order valence-electron chi connectivity index (χ4n) is 3.14. The van der Waals surface area contributed by atoms with Crippen LogP contribution >= 0.6 is 0 Å². The molecule has 1 fully saturated rings. The molecule has 0 saturated heterocycles. The lowest BCUT2D eigenvalue weighted by molar-refractivity contribution is -0.110. The molecule has 4 nitrogen and oxygen atoms in total. The summed E-state index contributed by atoms with van der Waals surface area (Å²) in [5, 5.41) is 11.1. The first kappa shape index (κ1) is 24.1. The van der Waals surface area contributed by atoms with E-state index in [-0.39, 0.29) is 28.4 Å². The molecule has 6 heteroatoms. The maximum atomic E-state index is 10.9. The maximum absolute atomic E-state index is 10.9. The average molecular weight is 429 g/mol. The maximum Gasteiger partial charge on any atom is 0.193 e. The van der Waals surface area contributed by atoms with Crippen LogP contribution in [0, 0.1) is 0 Å². The van der Waals surface area contributed by atoms with Crippen LogP contribution in [-0.2, 0) is 13.6 Å². The molecule has 2 rings (SSSR count). The van der Waals surface area contributed by atoms with Gasteiger partial charge in [-0.15, -0.1) is 0 Å². The molecule has 0 radical (unpaired) electrons. The van der Waals surface area contributed by atoms with Gasteiger partial charge in [-0.05, 0) is 68.5 Å². The largest absolute Gasteiger partial charge is 0.489 e. The van der Waals surface area contributed by atoms with Crippen molar-refractivity contribution in [3.63, 3.8) is 0 Å². The van der Waals surface area contributed by atoms with Gasteiger partial charge >= 0.3 is 0 Å². The van der Waals surface area contributed by atoms with Crippen LogP contribution in [0.1, 0.15) is 67.7 Å². The van der Waals surface area contributed by atoms with Crippen LogP contribution in [-0.4, -0.2) is 45.7 Å². The average Bonchev–Trinajstić information content (AvgIpc) is 2.45. The molecule has 2 aliphatic rings. The molecule has 0 unspecified atom stereocenters. The predicted octanol–water partition coefficient (Wildman–Crippen LogP) is 5.98. The Morgan fingerprint density at radius 3 is 1.82 bits per heavy atom. The third kappa shape index (κ3) is 4.77. The van der Waals surface area contributed by atoms with Crippen LogP contribution in [0.3, 0.4) is 0 Å². The molecule has 1 heterocycles. The van der Waals surface area contributed by atoms with Crippen molar-refractivity contribution in [3.05, 3.63) is 11.8 Å². The van der Waals surface area contributed by atoms with Crippen molar-refractivity contribution in [2.75, 3.05) is 0 Å². The number of aliphatic hydroxyl groups is 1. The van der Waals surface area contributed by atoms with Gasteiger partial charge in [-0.1, -0.05) is 41.5 Å². The molecule has 1 aliphatic heterocycles. The van der Waals surface area contributed by atoms with E-state index in [0.717, 1.165) is 19.3 Å². The molecule has 0 aromatic heterocycles. The molecule has 0 spiro atoms. The van der Waals surface area contributed by atoms with Crippen LogP contribution < -0.4 is 0 Å². The van der Waals surface area contributed by atoms with Crippen LogP contribution in [0.2, 0.25) is 36.3 Å². The van der Waals surface area contributed by atoms with Crippen molar-refractivity contribution in [2.45, 2.75) is 128 Å². The van der Waals surface area contributed by atoms with Crippen molar-refractivity contribution in [1.82, 2.24) is 0 Å². The van der Waals surface area contributed by atoms with E-state index in [0.29, 0.717) is 5.76 Å². The molecular weight excluding hydrogens is 384 g/mol. The first-order valence-electron chi connectivity index (χ1n) is 10.9. The molecular formula is C22H44O4Si2. The molecule has 0 bridgehead atoms. The van der Waals surface area contributed by atoms with Gasteiger partial charge in [0.2, 0.25) is 0 Å². The van der Waals surface area contributed by atoms with Crippen LogP contribution in [0.4, 0.5) is 0 Å². The monoisotopic (exact) mass is 428 g/mol. The van der Waals surface area contributed by atoms with E-state index in [4.69, 9.17) is 13.6 Å². The second-order valence-electron chi connectivity index (χ2n) is 11.9. The topological polar surface area (TPSA) is 47.9 Å². The van der Waals surface area contributed by atoms with Gasteiger partial charge in [0.15, 0.2) is 16.6 Å². The molecule has 0 aromatic rings. The minimum atomic E-state index is -2.01. The van der Waals surface area contributed by atoms with Gasteiger partial charge in [0, 0.05) is 0 Å². The summed E-state index contributed by atoms with van der Waals surface area (Å²) in [6, 6.07) is 0. The molecule has 0 aromatic carbocycles. The first-order chi connectivity index (χ1) is 12.4. The zero-order valence-corrected chi connectivity index (χ0v) is 22.1. The second-order valence-corrected chi connectivity index (χ2v) is 21.4. The van der Waals surface area contributed by atoms with E-state index in [1.165, 1.54) is 0 Å². The highest BCUT2D eigenvalue weighted by atomic mass is 28.4. The van der Waals surface area contributed by atoms with Gasteiger partial charge in [0.05, 0.1) is 6.10 Å². The number of ether oxygens (including phenoxy) is 1. The highest BCUT2D eigenvalue weighted by Gasteiger charge is 2.50. The molecule has 1 N–H and O–H groups in total. The van der Waals surface area contributed by atoms with Gasteiger partial charge in [0.1, 0.15) is 23.6 Å². The van der Waals surface area contributed by atoms with Crippen molar-refractivity contribution in [3.8, 4) is 0 Å². The van der Waals surface area contributed by atoms with Gasteiger partial charge in [-0.2, -0.15) is 0 Å². The summed E-state index contributed by atoms with van der Waals surface area (Å²) in [6.07, 6.45) is 4.15. The van der Waals surface area contributed by atoms with E-state index in [9.17, 15) is 5.11 Å². The SMILES string of the molecule is C[C@@H]1OC(C2(O)CCC2)=C[C@H](O[Si](C)(C)C(C)(C)C)[C@H]1O[Si](C)(C)C(C)(C)C. The lowest BCUT2D eigenvalue weighted by atomic mass is 9.77. The quantitative estimate of drug-likeness (QED) is 0.547. The minimum absolute atomic E-state index is 0.109. The summed E-state index contributed by atoms with van der Waals surface area (Å²) >= 11 is 0. The Morgan fingerprint density at radius 2 is 1.43 bits per heavy atom. The number of hydrogen-bond acceptors (Lipinski definition) is 4. The summed E-state index contributed by atoms with van der Waals surface area (Å²) in [6.45, 7) is 24.7. The van der Waals surface area contributed by atoms with E-state index in [2.05, 4.69) is 74.7 Å². The second kappa shape index (κ2) is 7.52. The van der Waals surface area contributed by atoms with Gasteiger partial charge < -0.3 is 18.7 Å². The van der Waals surface area contributed by atoms with Gasteiger partial charge in [0.25, 0.3) is 0 Å². The summed E-state index contributed by atoms with van der Waals surface area (Å²) in [4.78, 5) is 0. The normalized spacial score (nSPS) is 29.0. The van der Waals surface area contributed by atoms with E-state index in [1.807, 2.05) is 6.08 Å². The molecule has 1 aliphatic carbocycles. The van der Waals surface area contributed by atoms with Crippen molar-refractivity contribution >= 4 is 16.6 Å². The lowest BCUT2D eigenvalue weighted by Crippen LogP contribution is -2.57. The van der Waals surface area contributed by atoms with E-state index in [1.54, 1.807) is 0 Å². The lowest BCUT2D eigenvalue weighted by Gasteiger charge is -2.49. The van der Waals surface area contributed by atoms with E-state index >= 15 is 0 Å². The third-order valence-corrected chi connectivity index (χ3v) is 16.5. The summed E-state index contributed by atoms with van der Waals surface area (Å²) in [7, 11) is -4.01. The number of rotatable bonds is 5. The fraction of sp³-hybridized carbons (Fsp3) is 0.909. The minimum Gasteiger partial charge on any atom is -0.489 e. The van der Waals surface area contributed by atoms with Crippen molar-refractivity contribution < 1.29 is 18.7 Å². The summed E-state index contributed by atoms with van der Waals surface area (Å²) < 4.78 is 19.9. The van der Waals surface area contributed by atoms with Gasteiger partial charge in [-0.25, -0.2) is 0 Å². The molecule has 0 amide bonds. The Hall–Kier alpha value is -0.146. The van der Waals surface area contributed by atoms with Crippen molar-refractivity contribution in [2.24, 2.45) is 0 Å². The Balaban J connectivity index is 2.38. The Bertz CT molecular complexity index is 595. The van der Waals surface area contributed by atoms with Crippen molar-refractivity contribution in [1.29, 1.82) is 0 Å². The highest BCUT2D eigenvalue weighted by molar-refractivity contribution is 6.74. The number of hydrogen-bond donors (Lipinski definition) is 1. The van der Waals surface area contributed by atoms with Crippen LogP contribution in [0.25, 0.3) is 0 Å². The Morgan fingerprint density at radius 1 is 0.964 bits per heavy atom. The van der Waals surface area contributed by atoms with Gasteiger partial charge in [-0.3, -0.25) is 0 Å². The standard InChI is InChI=1S/C22H44O4Si2/c1-16-19(26-28(10,11)21(5,6)7)17(25-27(8,9)20(2,3)4)15-18(24-16)22(23)13-12-14-22/h15-17,19,23H,12-14H2,1-11H3/t16-,17-,19-/m0/s1. The molecule has 1 saturated carbocycles. The Labute approximate surface area is 175 Å². The zero-order valence-electron chi connectivity index (χ0n) is 20.1. The fourth-order valence-corrected chi connectivity index (χ4v) is 5.73. The molecule has 3 atom stereocenters. The smallest absolute Gasteiger partial charge is 0.193 e. The first-order valence-corrected chi connectivity index (χ1v) is 16.7. The zero-order chi connectivity index (χ0) is 21.8. The predicted molar refractivity (Wildman–Crippen MR) is 122 cm³/mol. The summed E-state index contributed by atoms with van der Waals surface area (Å²) in [5.74, 6) is 0.699. The third-order valence-electron chi connectivity index (χ3n) is 7.53. The van der Waals surface area contributed by atoms with E-state index < -0.39 is 22.2 Å². The van der Waals surface area contributed by atoms with Crippen LogP contribution in [0.5, 0.6) is 0 Å². The molecule has 164 valence electrons. The highest BCUT2D eigenvalue weighted by Crippen LogP contribution is 2.45. The summed E-state index contributed by atoms with van der Waals surface area (Å²) in [5.41, 5.74) is -0.814. The molecule has 28 heavy (non-hydrogen) atoms. The Kier molecular flexibility index (Phi) is 6.48.